The van der Waals surface area contributed by atoms with Gasteiger partial charge in [-0.25, -0.2) is 14.6 Å². The number of aromatic nitrogens is 2. The third-order valence-corrected chi connectivity index (χ3v) is 7.18. The molecule has 1 N–H and O–H groups in total. The van der Waals surface area contributed by atoms with Crippen molar-refractivity contribution in [1.29, 1.82) is 0 Å². The first-order valence-corrected chi connectivity index (χ1v) is 15.7. The average Bonchev–Trinajstić information content (AvgIpc) is 2.90. The van der Waals surface area contributed by atoms with E-state index in [2.05, 4.69) is 4.98 Å². The van der Waals surface area contributed by atoms with Crippen molar-refractivity contribution < 1.29 is 36.8 Å². The Labute approximate surface area is 262 Å². The van der Waals surface area contributed by atoms with Crippen molar-refractivity contribution in [3.05, 3.63) is 78.0 Å². The van der Waals surface area contributed by atoms with Gasteiger partial charge in [-0.3, -0.25) is 9.54 Å². The Hall–Kier alpha value is -4.55. The summed E-state index contributed by atoms with van der Waals surface area (Å²) < 4.78 is 49.9. The topological polar surface area (TPSA) is 145 Å². The van der Waals surface area contributed by atoms with Crippen molar-refractivity contribution in [2.24, 2.45) is 0 Å². The first-order chi connectivity index (χ1) is 20.9. The first-order valence-electron chi connectivity index (χ1n) is 14.2. The number of anilines is 1. The van der Waals surface area contributed by atoms with Gasteiger partial charge in [-0.05, 0) is 84.4 Å². The molecule has 0 saturated heterocycles. The zero-order valence-electron chi connectivity index (χ0n) is 26.3. The van der Waals surface area contributed by atoms with E-state index >= 15 is 0 Å². The van der Waals surface area contributed by atoms with E-state index < -0.39 is 33.5 Å². The minimum absolute atomic E-state index is 0.142. The fourth-order valence-electron chi connectivity index (χ4n) is 4.34. The second-order valence-corrected chi connectivity index (χ2v) is 13.8. The van der Waals surface area contributed by atoms with Crippen LogP contribution in [-0.2, 0) is 26.0 Å². The summed E-state index contributed by atoms with van der Waals surface area (Å²) >= 11 is 0. The number of fused-ring (bicyclic) bond motifs is 1. The molecular weight excluding hydrogens is 598 g/mol. The molecule has 0 unspecified atom stereocenters. The molecule has 0 saturated carbocycles. The molecular formula is C33H37N3O8S. The van der Waals surface area contributed by atoms with Crippen molar-refractivity contribution in [2.45, 2.75) is 71.0 Å². The van der Waals surface area contributed by atoms with E-state index in [1.54, 1.807) is 102 Å². The molecule has 11 nitrogen and oxygen atoms in total. The van der Waals surface area contributed by atoms with Crippen LogP contribution in [0.2, 0.25) is 0 Å². The lowest BCUT2D eigenvalue weighted by Gasteiger charge is -2.28. The number of hydrogen-bond donors (Lipinski definition) is 1. The van der Waals surface area contributed by atoms with Crippen molar-refractivity contribution in [3.8, 4) is 17.0 Å². The lowest BCUT2D eigenvalue weighted by Crippen LogP contribution is -2.43. The molecule has 12 heteroatoms. The molecule has 0 fully saturated rings. The molecule has 0 aliphatic heterocycles. The van der Waals surface area contributed by atoms with Gasteiger partial charge in [0.1, 0.15) is 17.0 Å². The molecule has 2 amide bonds. The van der Waals surface area contributed by atoms with E-state index in [1.807, 2.05) is 6.92 Å². The zero-order valence-corrected chi connectivity index (χ0v) is 27.1. The molecule has 3 aromatic carbocycles. The molecule has 238 valence electrons. The number of ether oxygens (including phenoxy) is 3. The van der Waals surface area contributed by atoms with E-state index in [-0.39, 0.29) is 23.6 Å². The summed E-state index contributed by atoms with van der Waals surface area (Å²) in [5, 5.41) is 0. The summed E-state index contributed by atoms with van der Waals surface area (Å²) in [7, 11) is -4.36. The number of benzene rings is 3. The van der Waals surface area contributed by atoms with Crippen LogP contribution in [0.3, 0.4) is 0 Å². The number of carbonyl (C=O) groups excluding carboxylic acids is 2. The Kier molecular flexibility index (Phi) is 9.50. The van der Waals surface area contributed by atoms with E-state index in [4.69, 9.17) is 19.2 Å². The summed E-state index contributed by atoms with van der Waals surface area (Å²) in [4.78, 5) is 35.9. The van der Waals surface area contributed by atoms with Crippen LogP contribution in [0.5, 0.6) is 5.75 Å². The maximum absolute atomic E-state index is 13.0. The monoisotopic (exact) mass is 635 g/mol. The second kappa shape index (κ2) is 12.8. The third-order valence-electron chi connectivity index (χ3n) is 6.22. The predicted molar refractivity (Wildman–Crippen MR) is 170 cm³/mol. The van der Waals surface area contributed by atoms with Crippen molar-refractivity contribution in [2.75, 3.05) is 11.5 Å². The van der Waals surface area contributed by atoms with E-state index in [9.17, 15) is 22.6 Å². The molecule has 0 spiro atoms. The summed E-state index contributed by atoms with van der Waals surface area (Å²) in [5.74, 6) is 0.510. The number of aryl methyl sites for hydroxylation is 1. The highest BCUT2D eigenvalue weighted by Crippen LogP contribution is 2.27. The first kappa shape index (κ1) is 33.3. The zero-order chi connectivity index (χ0) is 33.2. The van der Waals surface area contributed by atoms with Crippen LogP contribution in [0.15, 0.2) is 71.8 Å². The molecule has 0 aliphatic carbocycles. The van der Waals surface area contributed by atoms with Crippen molar-refractivity contribution in [3.63, 3.8) is 0 Å². The van der Waals surface area contributed by atoms with Gasteiger partial charge < -0.3 is 14.2 Å². The van der Waals surface area contributed by atoms with Gasteiger partial charge >= 0.3 is 12.2 Å². The van der Waals surface area contributed by atoms with E-state index in [0.29, 0.717) is 33.6 Å². The molecule has 0 bridgehead atoms. The SMILES string of the molecule is Cc1ccc(S(=O)(=O)O)c(CCOc2ccc3ncc(-c4ccc(N(C(=O)OC(C)(C)C)C(=O)OC(C)(C)C)cc4)nc3c2)c1. The molecule has 1 heterocycles. The third kappa shape index (κ3) is 8.99. The number of amides is 2. The Balaban J connectivity index is 1.54. The van der Waals surface area contributed by atoms with Crippen LogP contribution >= 0.6 is 0 Å². The Morgan fingerprint density at radius 3 is 2.04 bits per heavy atom. The second-order valence-electron chi connectivity index (χ2n) is 12.4. The van der Waals surface area contributed by atoms with E-state index in [1.165, 1.54) is 6.07 Å². The van der Waals surface area contributed by atoms with Crippen LogP contribution in [0.4, 0.5) is 15.3 Å². The number of nitrogens with zero attached hydrogens (tertiary/aromatic N) is 3. The van der Waals surface area contributed by atoms with Gasteiger partial charge in [0.15, 0.2) is 0 Å². The van der Waals surface area contributed by atoms with Gasteiger partial charge in [0, 0.05) is 18.1 Å². The average molecular weight is 636 g/mol. The smallest absolute Gasteiger partial charge is 0.424 e. The minimum atomic E-state index is -4.36. The lowest BCUT2D eigenvalue weighted by molar-refractivity contribution is 0.0430. The quantitative estimate of drug-likeness (QED) is 0.208. The molecule has 4 rings (SSSR count). The normalized spacial score (nSPS) is 12.1. The number of carbonyl (C=O) groups is 2. The van der Waals surface area contributed by atoms with Crippen LogP contribution in [0.25, 0.3) is 22.3 Å². The van der Waals surface area contributed by atoms with Crippen molar-refractivity contribution >= 4 is 39.0 Å². The standard InChI is InChI=1S/C33H37N3O8S/c1-21-8-15-29(45(39,40)41)23(18-21)16-17-42-25-13-14-26-27(19-25)35-28(20-34-26)22-9-11-24(12-10-22)36(30(37)43-32(2,3)4)31(38)44-33(5,6)7/h8-15,18-20H,16-17H2,1-7H3,(H,39,40,41). The van der Waals surface area contributed by atoms with Crippen LogP contribution in [-0.4, -0.2) is 52.9 Å². The lowest BCUT2D eigenvalue weighted by atomic mass is 10.1. The highest BCUT2D eigenvalue weighted by Gasteiger charge is 2.32. The summed E-state index contributed by atoms with van der Waals surface area (Å²) in [6.07, 6.45) is 0.154. The van der Waals surface area contributed by atoms with Gasteiger partial charge in [0.05, 0.1) is 40.1 Å². The van der Waals surface area contributed by atoms with Gasteiger partial charge in [-0.1, -0.05) is 29.8 Å². The molecule has 0 radical (unpaired) electrons. The fourth-order valence-corrected chi connectivity index (χ4v) is 5.07. The fraction of sp³-hybridized carbons (Fsp3) is 0.333. The van der Waals surface area contributed by atoms with Crippen molar-refractivity contribution in [1.82, 2.24) is 9.97 Å². The summed E-state index contributed by atoms with van der Waals surface area (Å²) in [5.41, 5.74) is 2.35. The summed E-state index contributed by atoms with van der Waals surface area (Å²) in [6, 6.07) is 16.6. The van der Waals surface area contributed by atoms with Gasteiger partial charge in [-0.2, -0.15) is 13.3 Å². The predicted octanol–water partition coefficient (Wildman–Crippen LogP) is 7.15. The van der Waals surface area contributed by atoms with Gasteiger partial charge in [0.25, 0.3) is 10.1 Å². The number of imide groups is 1. The van der Waals surface area contributed by atoms with Crippen LogP contribution in [0, 0.1) is 6.92 Å². The van der Waals surface area contributed by atoms with E-state index in [0.717, 1.165) is 10.5 Å². The number of hydrogen-bond acceptors (Lipinski definition) is 9. The summed E-state index contributed by atoms with van der Waals surface area (Å²) in [6.45, 7) is 12.3. The Morgan fingerprint density at radius 1 is 0.844 bits per heavy atom. The minimum Gasteiger partial charge on any atom is -0.493 e. The largest absolute Gasteiger partial charge is 0.493 e. The van der Waals surface area contributed by atoms with Gasteiger partial charge in [0.2, 0.25) is 0 Å². The number of rotatable bonds is 7. The van der Waals surface area contributed by atoms with Gasteiger partial charge in [-0.15, -0.1) is 0 Å². The Morgan fingerprint density at radius 2 is 1.47 bits per heavy atom. The maximum Gasteiger partial charge on any atom is 0.424 e. The molecule has 0 aliphatic rings. The highest BCUT2D eigenvalue weighted by molar-refractivity contribution is 7.85. The van der Waals surface area contributed by atoms with Crippen LogP contribution < -0.4 is 9.64 Å². The molecule has 0 atom stereocenters. The highest BCUT2D eigenvalue weighted by atomic mass is 32.2. The molecule has 4 aromatic rings. The molecule has 45 heavy (non-hydrogen) atoms. The Bertz CT molecular complexity index is 1800. The van der Waals surface area contributed by atoms with Crippen LogP contribution in [0.1, 0.15) is 52.7 Å². The maximum atomic E-state index is 13.0. The molecule has 1 aromatic heterocycles.